The topological polar surface area (TPSA) is 60.1 Å². The van der Waals surface area contributed by atoms with Crippen LogP contribution in [-0.4, -0.2) is 32.1 Å². The normalized spacial score (nSPS) is 16.6. The van der Waals surface area contributed by atoms with Crippen molar-refractivity contribution in [2.45, 2.75) is 32.1 Å². The summed E-state index contributed by atoms with van der Waals surface area (Å²) in [4.78, 5) is 29.0. The average molecular weight is 382 g/mol. The monoisotopic (exact) mass is 382 g/mol. The van der Waals surface area contributed by atoms with E-state index in [1.165, 1.54) is 4.57 Å². The molecule has 2 aromatic rings. The third-order valence-electron chi connectivity index (χ3n) is 4.89. The molecule has 0 aromatic carbocycles. The van der Waals surface area contributed by atoms with E-state index in [1.54, 1.807) is 17.7 Å². The standard InChI is InChI=1S/C18H21F3N4O2/c1-23-9-14(2-3-16(23)26)10-24-6-4-13(5-7-24)11-25-12-22-15(8-17(25)27)18(19,20)21/h2-3,8-9,12-13H,4-7,10-11H2,1H3. The van der Waals surface area contributed by atoms with Gasteiger partial charge in [-0.15, -0.1) is 0 Å². The molecule has 0 aliphatic carbocycles. The lowest BCUT2D eigenvalue weighted by atomic mass is 9.96. The highest BCUT2D eigenvalue weighted by atomic mass is 19.4. The molecule has 1 aliphatic rings. The molecule has 0 amide bonds. The summed E-state index contributed by atoms with van der Waals surface area (Å²) in [6, 6.07) is 3.92. The van der Waals surface area contributed by atoms with Gasteiger partial charge < -0.3 is 4.57 Å². The lowest BCUT2D eigenvalue weighted by molar-refractivity contribution is -0.141. The summed E-state index contributed by atoms with van der Waals surface area (Å²) in [5.74, 6) is 0.220. The Bertz CT molecular complexity index is 912. The van der Waals surface area contributed by atoms with Crippen molar-refractivity contribution in [3.63, 3.8) is 0 Å². The summed E-state index contributed by atoms with van der Waals surface area (Å²) >= 11 is 0. The van der Waals surface area contributed by atoms with Crippen LogP contribution in [0.15, 0.2) is 40.3 Å². The first-order valence-electron chi connectivity index (χ1n) is 8.74. The Balaban J connectivity index is 1.56. The second-order valence-electron chi connectivity index (χ2n) is 6.97. The van der Waals surface area contributed by atoms with Gasteiger partial charge >= 0.3 is 6.18 Å². The largest absolute Gasteiger partial charge is 0.433 e. The van der Waals surface area contributed by atoms with Crippen LogP contribution >= 0.6 is 0 Å². The van der Waals surface area contributed by atoms with E-state index in [-0.39, 0.29) is 11.5 Å². The summed E-state index contributed by atoms with van der Waals surface area (Å²) < 4.78 is 40.6. The van der Waals surface area contributed by atoms with Gasteiger partial charge in [0.25, 0.3) is 5.56 Å². The van der Waals surface area contributed by atoms with Gasteiger partial charge in [-0.05, 0) is 37.4 Å². The summed E-state index contributed by atoms with van der Waals surface area (Å²) in [5, 5.41) is 0. The predicted octanol–water partition coefficient (Wildman–Crippen LogP) is 1.87. The number of rotatable bonds is 4. The molecule has 3 heterocycles. The molecule has 1 saturated heterocycles. The molecule has 1 aliphatic heterocycles. The molecule has 0 atom stereocenters. The molecule has 6 nitrogen and oxygen atoms in total. The van der Waals surface area contributed by atoms with Crippen LogP contribution in [0.3, 0.4) is 0 Å². The molecule has 9 heteroatoms. The molecular formula is C18H21F3N4O2. The molecule has 0 spiro atoms. The number of likely N-dealkylation sites (tertiary alicyclic amines) is 1. The van der Waals surface area contributed by atoms with E-state index in [2.05, 4.69) is 9.88 Å². The van der Waals surface area contributed by atoms with Gasteiger partial charge in [-0.2, -0.15) is 13.2 Å². The van der Waals surface area contributed by atoms with E-state index >= 15 is 0 Å². The summed E-state index contributed by atoms with van der Waals surface area (Å²) in [6.07, 6.45) is -0.104. The van der Waals surface area contributed by atoms with Crippen LogP contribution in [-0.2, 0) is 26.3 Å². The fourth-order valence-corrected chi connectivity index (χ4v) is 3.33. The van der Waals surface area contributed by atoms with Gasteiger partial charge in [-0.3, -0.25) is 19.1 Å². The van der Waals surface area contributed by atoms with Crippen molar-refractivity contribution < 1.29 is 13.2 Å². The van der Waals surface area contributed by atoms with E-state index in [1.807, 2.05) is 12.3 Å². The maximum Gasteiger partial charge on any atom is 0.433 e. The number of nitrogens with zero attached hydrogens (tertiary/aromatic N) is 4. The number of alkyl halides is 3. The van der Waals surface area contributed by atoms with Crippen LogP contribution in [0.5, 0.6) is 0 Å². The average Bonchev–Trinajstić information content (AvgIpc) is 2.61. The third kappa shape index (κ3) is 4.85. The van der Waals surface area contributed by atoms with Crippen molar-refractivity contribution in [2.24, 2.45) is 13.0 Å². The third-order valence-corrected chi connectivity index (χ3v) is 4.89. The number of halogens is 3. The fourth-order valence-electron chi connectivity index (χ4n) is 3.33. The lowest BCUT2D eigenvalue weighted by Gasteiger charge is -2.32. The minimum absolute atomic E-state index is 0.0481. The van der Waals surface area contributed by atoms with Gasteiger partial charge in [0.2, 0.25) is 5.56 Å². The molecule has 1 fully saturated rings. The van der Waals surface area contributed by atoms with E-state index in [0.717, 1.165) is 44.4 Å². The quantitative estimate of drug-likeness (QED) is 0.810. The Kier molecular flexibility index (Phi) is 5.50. The Morgan fingerprint density at radius 2 is 1.85 bits per heavy atom. The van der Waals surface area contributed by atoms with Crippen LogP contribution in [0.25, 0.3) is 0 Å². The van der Waals surface area contributed by atoms with Crippen molar-refractivity contribution in [1.29, 1.82) is 0 Å². The minimum Gasteiger partial charge on any atom is -0.318 e. The smallest absolute Gasteiger partial charge is 0.318 e. The first-order valence-corrected chi connectivity index (χ1v) is 8.74. The predicted molar refractivity (Wildman–Crippen MR) is 93.2 cm³/mol. The van der Waals surface area contributed by atoms with Gasteiger partial charge in [0.05, 0.1) is 6.33 Å². The highest BCUT2D eigenvalue weighted by Crippen LogP contribution is 2.26. The van der Waals surface area contributed by atoms with Gasteiger partial charge in [-0.25, -0.2) is 4.98 Å². The molecule has 0 saturated carbocycles. The van der Waals surface area contributed by atoms with E-state index in [4.69, 9.17) is 0 Å². The fraction of sp³-hybridized carbons (Fsp3) is 0.500. The van der Waals surface area contributed by atoms with Crippen LogP contribution in [0.2, 0.25) is 0 Å². The Hall–Kier alpha value is -2.42. The van der Waals surface area contributed by atoms with Gasteiger partial charge in [0.1, 0.15) is 0 Å². The summed E-state index contributed by atoms with van der Waals surface area (Å²) in [7, 11) is 1.72. The highest BCUT2D eigenvalue weighted by molar-refractivity contribution is 5.10. The first-order chi connectivity index (χ1) is 12.7. The zero-order chi connectivity index (χ0) is 19.6. The van der Waals surface area contributed by atoms with E-state index < -0.39 is 17.4 Å². The molecule has 2 aromatic heterocycles. The number of pyridine rings is 1. The Morgan fingerprint density at radius 3 is 2.44 bits per heavy atom. The SMILES string of the molecule is Cn1cc(CN2CCC(Cn3cnc(C(F)(F)F)cc3=O)CC2)ccc1=O. The van der Waals surface area contributed by atoms with Crippen LogP contribution in [0.1, 0.15) is 24.1 Å². The number of hydrogen-bond acceptors (Lipinski definition) is 4. The van der Waals surface area contributed by atoms with Crippen LogP contribution in [0, 0.1) is 5.92 Å². The molecule has 27 heavy (non-hydrogen) atoms. The number of piperidine rings is 1. The molecule has 0 N–H and O–H groups in total. The van der Waals surface area contributed by atoms with E-state index in [9.17, 15) is 22.8 Å². The van der Waals surface area contributed by atoms with Crippen molar-refractivity contribution in [3.8, 4) is 0 Å². The van der Waals surface area contributed by atoms with Gasteiger partial charge in [0, 0.05) is 38.5 Å². The van der Waals surface area contributed by atoms with Crippen molar-refractivity contribution in [3.05, 3.63) is 62.7 Å². The summed E-state index contributed by atoms with van der Waals surface area (Å²) in [5.41, 5.74) is -0.826. The Labute approximate surface area is 153 Å². The van der Waals surface area contributed by atoms with Crippen molar-refractivity contribution >= 4 is 0 Å². The van der Waals surface area contributed by atoms with Crippen molar-refractivity contribution in [2.75, 3.05) is 13.1 Å². The van der Waals surface area contributed by atoms with Crippen LogP contribution < -0.4 is 11.1 Å². The van der Waals surface area contributed by atoms with Crippen molar-refractivity contribution in [1.82, 2.24) is 19.0 Å². The Morgan fingerprint density at radius 1 is 1.15 bits per heavy atom. The molecule has 3 rings (SSSR count). The number of hydrogen-bond donors (Lipinski definition) is 0. The second-order valence-corrected chi connectivity index (χ2v) is 6.97. The van der Waals surface area contributed by atoms with Gasteiger partial charge in [0.15, 0.2) is 5.69 Å². The van der Waals surface area contributed by atoms with Crippen LogP contribution in [0.4, 0.5) is 13.2 Å². The molecular weight excluding hydrogens is 361 g/mol. The summed E-state index contributed by atoms with van der Waals surface area (Å²) in [6.45, 7) is 2.77. The highest BCUT2D eigenvalue weighted by Gasteiger charge is 2.33. The maximum absolute atomic E-state index is 12.6. The first kappa shape index (κ1) is 19.3. The van der Waals surface area contributed by atoms with E-state index in [0.29, 0.717) is 12.6 Å². The zero-order valence-electron chi connectivity index (χ0n) is 14.9. The van der Waals surface area contributed by atoms with Gasteiger partial charge in [-0.1, -0.05) is 6.07 Å². The number of aromatic nitrogens is 3. The molecule has 0 bridgehead atoms. The molecule has 0 unspecified atom stereocenters. The second kappa shape index (κ2) is 7.67. The lowest BCUT2D eigenvalue weighted by Crippen LogP contribution is -2.36. The molecule has 0 radical (unpaired) electrons. The number of aryl methyl sites for hydroxylation is 1. The zero-order valence-corrected chi connectivity index (χ0v) is 14.9. The molecule has 146 valence electrons. The maximum atomic E-state index is 12.6. The minimum atomic E-state index is -4.61.